The lowest BCUT2D eigenvalue weighted by Crippen LogP contribution is -2.35. The van der Waals surface area contributed by atoms with Crippen molar-refractivity contribution in [1.82, 2.24) is 15.0 Å². The summed E-state index contributed by atoms with van der Waals surface area (Å²) in [6.07, 6.45) is 0.787. The Morgan fingerprint density at radius 3 is 2.69 bits per heavy atom. The van der Waals surface area contributed by atoms with Crippen molar-refractivity contribution in [3.8, 4) is 17.0 Å². The van der Waals surface area contributed by atoms with E-state index in [1.807, 2.05) is 61.6 Å². The number of nitrogens with zero attached hydrogens (tertiary/aromatic N) is 3. The number of hydrogen-bond donors (Lipinski definition) is 1. The minimum atomic E-state index is -0.241. The average Bonchev–Trinajstić information content (AvgIpc) is 2.69. The summed E-state index contributed by atoms with van der Waals surface area (Å²) >= 11 is 0. The lowest BCUT2D eigenvalue weighted by molar-refractivity contribution is 0.414. The van der Waals surface area contributed by atoms with Crippen molar-refractivity contribution < 1.29 is 4.74 Å². The van der Waals surface area contributed by atoms with Crippen molar-refractivity contribution in [2.24, 2.45) is 0 Å². The molecule has 0 saturated carbocycles. The molecule has 1 aliphatic heterocycles. The van der Waals surface area contributed by atoms with E-state index in [4.69, 9.17) is 4.74 Å². The maximum absolute atomic E-state index is 12.6. The first-order valence-electron chi connectivity index (χ1n) is 8.53. The quantitative estimate of drug-likeness (QED) is 0.735. The minimum Gasteiger partial charge on any atom is -0.497 e. The Balaban J connectivity index is 1.86. The molecule has 1 N–H and O–H groups in total. The molecule has 4 rings (SSSR count). The molecule has 0 unspecified atom stereocenters. The minimum absolute atomic E-state index is 0.241. The molecule has 0 saturated heterocycles. The summed E-state index contributed by atoms with van der Waals surface area (Å²) in [5.41, 5.74) is 6.88. The molecular formula is C20H20N4O2. The third kappa shape index (κ3) is 2.74. The number of aryl methyl sites for hydroxylation is 1. The molecule has 2 aromatic carbocycles. The molecule has 0 radical (unpaired) electrons. The van der Waals surface area contributed by atoms with Crippen LogP contribution in [-0.2, 0) is 13.0 Å². The Morgan fingerprint density at radius 2 is 1.96 bits per heavy atom. The highest BCUT2D eigenvalue weighted by Gasteiger charge is 2.21. The van der Waals surface area contributed by atoms with Crippen LogP contribution >= 0.6 is 0 Å². The van der Waals surface area contributed by atoms with E-state index in [0.29, 0.717) is 12.4 Å². The van der Waals surface area contributed by atoms with E-state index < -0.39 is 0 Å². The number of hydrazine groups is 1. The first kappa shape index (κ1) is 16.4. The van der Waals surface area contributed by atoms with Crippen LogP contribution in [0, 0.1) is 0 Å². The van der Waals surface area contributed by atoms with Crippen molar-refractivity contribution in [2.75, 3.05) is 19.2 Å². The second kappa shape index (κ2) is 6.65. The van der Waals surface area contributed by atoms with Gasteiger partial charge in [0.15, 0.2) is 5.82 Å². The predicted molar refractivity (Wildman–Crippen MR) is 102 cm³/mol. The van der Waals surface area contributed by atoms with E-state index in [0.717, 1.165) is 29.1 Å². The van der Waals surface area contributed by atoms with Crippen molar-refractivity contribution in [1.29, 1.82) is 0 Å². The summed E-state index contributed by atoms with van der Waals surface area (Å²) in [5.74, 6) is 1.40. The number of aromatic nitrogens is 2. The second-order valence-electron chi connectivity index (χ2n) is 6.10. The van der Waals surface area contributed by atoms with Gasteiger partial charge in [-0.25, -0.2) is 10.2 Å². The summed E-state index contributed by atoms with van der Waals surface area (Å²) in [6.45, 7) is 0.618. The Bertz CT molecular complexity index is 998. The lowest BCUT2D eigenvalue weighted by Gasteiger charge is -2.26. The Kier molecular flexibility index (Phi) is 4.18. The number of methoxy groups -OCH3 is 1. The van der Waals surface area contributed by atoms with Crippen LogP contribution in [0.3, 0.4) is 0 Å². The highest BCUT2D eigenvalue weighted by Crippen LogP contribution is 2.33. The molecule has 26 heavy (non-hydrogen) atoms. The van der Waals surface area contributed by atoms with Gasteiger partial charge in [0.1, 0.15) is 5.75 Å². The number of ether oxygens (including phenoxy) is 1. The fourth-order valence-electron chi connectivity index (χ4n) is 3.39. The van der Waals surface area contributed by atoms with E-state index >= 15 is 0 Å². The highest BCUT2D eigenvalue weighted by molar-refractivity contribution is 5.71. The van der Waals surface area contributed by atoms with Gasteiger partial charge in [0, 0.05) is 25.2 Å². The number of anilines is 2. The number of benzene rings is 2. The summed E-state index contributed by atoms with van der Waals surface area (Å²) in [6, 6.07) is 17.7. The number of rotatable bonds is 4. The summed E-state index contributed by atoms with van der Waals surface area (Å²) < 4.78 is 7.06. The van der Waals surface area contributed by atoms with Gasteiger partial charge in [-0.2, -0.15) is 4.98 Å². The van der Waals surface area contributed by atoms with Crippen LogP contribution in [-0.4, -0.2) is 23.7 Å². The fourth-order valence-corrected chi connectivity index (χ4v) is 3.39. The Hall–Kier alpha value is -3.12. The lowest BCUT2D eigenvalue weighted by atomic mass is 9.97. The molecule has 0 amide bonds. The maximum atomic E-state index is 12.6. The van der Waals surface area contributed by atoms with Gasteiger partial charge in [-0.3, -0.25) is 9.58 Å². The van der Waals surface area contributed by atoms with E-state index in [1.54, 1.807) is 16.7 Å². The van der Waals surface area contributed by atoms with E-state index in [9.17, 15) is 4.79 Å². The fraction of sp³-hybridized carbons (Fsp3) is 0.200. The zero-order valence-corrected chi connectivity index (χ0v) is 14.8. The van der Waals surface area contributed by atoms with E-state index in [2.05, 4.69) is 10.4 Å². The molecule has 1 aromatic heterocycles. The number of para-hydroxylation sites is 1. The molecule has 0 bridgehead atoms. The summed E-state index contributed by atoms with van der Waals surface area (Å²) in [5, 5.41) is 1.81. The first-order chi connectivity index (χ1) is 12.7. The zero-order valence-electron chi connectivity index (χ0n) is 14.8. The third-order valence-corrected chi connectivity index (χ3v) is 4.66. The molecule has 3 aromatic rings. The van der Waals surface area contributed by atoms with Gasteiger partial charge < -0.3 is 4.74 Å². The molecule has 6 heteroatoms. The van der Waals surface area contributed by atoms with Crippen LogP contribution in [0.4, 0.5) is 11.5 Å². The van der Waals surface area contributed by atoms with Crippen LogP contribution in [0.1, 0.15) is 5.56 Å². The topological polar surface area (TPSA) is 59.4 Å². The van der Waals surface area contributed by atoms with Crippen LogP contribution < -0.4 is 20.9 Å². The molecule has 2 heterocycles. The zero-order chi connectivity index (χ0) is 18.1. The number of fused-ring (bicyclic) bond motifs is 3. The monoisotopic (exact) mass is 348 g/mol. The van der Waals surface area contributed by atoms with Gasteiger partial charge in [-0.15, -0.1) is 0 Å². The second-order valence-corrected chi connectivity index (χ2v) is 6.10. The molecule has 0 aliphatic carbocycles. The molecular weight excluding hydrogens is 328 g/mol. The standard InChI is InChI=1S/C20H20N4O2/c1-21-24(15-6-4-3-5-7-15)19-13-18-17-9-8-16(26-2)12-14(17)10-11-23(18)20(25)22-19/h3-9,12-13,21H,10-11H2,1-2H3. The summed E-state index contributed by atoms with van der Waals surface area (Å²) in [7, 11) is 3.47. The van der Waals surface area contributed by atoms with Crippen LogP contribution in [0.25, 0.3) is 11.3 Å². The smallest absolute Gasteiger partial charge is 0.350 e. The highest BCUT2D eigenvalue weighted by atomic mass is 16.5. The van der Waals surface area contributed by atoms with Crippen LogP contribution in [0.2, 0.25) is 0 Å². The van der Waals surface area contributed by atoms with Crippen LogP contribution in [0.5, 0.6) is 5.75 Å². The molecule has 0 atom stereocenters. The molecule has 6 nitrogen and oxygen atoms in total. The molecule has 0 fully saturated rings. The van der Waals surface area contributed by atoms with Crippen molar-refractivity contribution in [3.63, 3.8) is 0 Å². The van der Waals surface area contributed by atoms with Gasteiger partial charge in [-0.1, -0.05) is 18.2 Å². The van der Waals surface area contributed by atoms with Crippen molar-refractivity contribution in [3.05, 3.63) is 70.6 Å². The van der Waals surface area contributed by atoms with Crippen molar-refractivity contribution >= 4 is 11.5 Å². The van der Waals surface area contributed by atoms with Gasteiger partial charge >= 0.3 is 5.69 Å². The molecule has 1 aliphatic rings. The van der Waals surface area contributed by atoms with Crippen LogP contribution in [0.15, 0.2) is 59.4 Å². The Morgan fingerprint density at radius 1 is 1.15 bits per heavy atom. The SMILES string of the molecule is CNN(c1ccccc1)c1cc2n(c(=O)n1)CCc1cc(OC)ccc1-2. The Labute approximate surface area is 151 Å². The first-order valence-corrected chi connectivity index (χ1v) is 8.53. The molecule has 0 spiro atoms. The number of nitrogens with one attached hydrogen (secondary N) is 1. The molecule has 132 valence electrons. The summed E-state index contributed by atoms with van der Waals surface area (Å²) in [4.78, 5) is 16.9. The average molecular weight is 348 g/mol. The normalized spacial score (nSPS) is 12.2. The number of hydrogen-bond acceptors (Lipinski definition) is 5. The van der Waals surface area contributed by atoms with E-state index in [-0.39, 0.29) is 5.69 Å². The third-order valence-electron chi connectivity index (χ3n) is 4.66. The van der Waals surface area contributed by atoms with Gasteiger partial charge in [0.2, 0.25) is 0 Å². The largest absolute Gasteiger partial charge is 0.497 e. The van der Waals surface area contributed by atoms with Gasteiger partial charge in [0.25, 0.3) is 0 Å². The maximum Gasteiger partial charge on any atom is 0.350 e. The predicted octanol–water partition coefficient (Wildman–Crippen LogP) is 2.75. The van der Waals surface area contributed by atoms with Gasteiger partial charge in [-0.05, 0) is 42.3 Å². The van der Waals surface area contributed by atoms with Gasteiger partial charge in [0.05, 0.1) is 18.5 Å². The van der Waals surface area contributed by atoms with E-state index in [1.165, 1.54) is 5.56 Å². The van der Waals surface area contributed by atoms with Crippen molar-refractivity contribution in [2.45, 2.75) is 13.0 Å².